The van der Waals surface area contributed by atoms with E-state index in [1.165, 1.54) is 24.5 Å². The SMILES string of the molecule is CCOc1cc(F)c(Cn2nc(C3=NC(Nc4ccncc4C(=O)O)=C4CCCC4=C=C3C)c3ccccc32)c(F)c1. The van der Waals surface area contributed by atoms with Crippen molar-refractivity contribution < 1.29 is 23.4 Å². The highest BCUT2D eigenvalue weighted by molar-refractivity contribution is 6.18. The monoisotopic (exact) mass is 567 g/mol. The lowest BCUT2D eigenvalue weighted by Crippen LogP contribution is -2.12. The number of benzene rings is 2. The van der Waals surface area contributed by atoms with Gasteiger partial charge in [0.05, 0.1) is 24.4 Å². The van der Waals surface area contributed by atoms with Gasteiger partial charge in [0.25, 0.3) is 0 Å². The first-order valence-electron chi connectivity index (χ1n) is 13.6. The van der Waals surface area contributed by atoms with Gasteiger partial charge in [0.15, 0.2) is 0 Å². The molecule has 0 atom stereocenters. The van der Waals surface area contributed by atoms with E-state index in [9.17, 15) is 9.90 Å². The number of anilines is 1. The average molecular weight is 568 g/mol. The minimum atomic E-state index is -1.11. The molecule has 2 N–H and O–H groups in total. The maximum atomic E-state index is 15.0. The number of aromatic nitrogens is 3. The molecule has 0 amide bonds. The minimum Gasteiger partial charge on any atom is -0.494 e. The van der Waals surface area contributed by atoms with Gasteiger partial charge in [-0.15, -0.1) is 5.73 Å². The Morgan fingerprint density at radius 2 is 1.95 bits per heavy atom. The van der Waals surface area contributed by atoms with Crippen LogP contribution < -0.4 is 10.1 Å². The van der Waals surface area contributed by atoms with Crippen molar-refractivity contribution in [3.8, 4) is 5.75 Å². The fourth-order valence-electron chi connectivity index (χ4n) is 5.38. The number of hydrogen-bond donors (Lipinski definition) is 2. The lowest BCUT2D eigenvalue weighted by atomic mass is 10.1. The molecule has 1 aliphatic carbocycles. The van der Waals surface area contributed by atoms with Crippen molar-refractivity contribution in [3.63, 3.8) is 0 Å². The van der Waals surface area contributed by atoms with E-state index >= 15 is 8.78 Å². The van der Waals surface area contributed by atoms with Crippen LogP contribution in [0.1, 0.15) is 54.7 Å². The number of aromatic carboxylic acids is 1. The Bertz CT molecular complexity index is 1860. The number of ether oxygens (including phenoxy) is 1. The zero-order valence-corrected chi connectivity index (χ0v) is 23.0. The Hall–Kier alpha value is -5.08. The lowest BCUT2D eigenvalue weighted by molar-refractivity contribution is 0.0697. The number of allylic oxidation sites excluding steroid dienone is 2. The highest BCUT2D eigenvalue weighted by Crippen LogP contribution is 2.36. The summed E-state index contributed by atoms with van der Waals surface area (Å²) in [6, 6.07) is 11.4. The number of aliphatic imine (C=N–C) groups is 1. The van der Waals surface area contributed by atoms with Crippen LogP contribution in [0.2, 0.25) is 0 Å². The predicted molar refractivity (Wildman–Crippen MR) is 155 cm³/mol. The van der Waals surface area contributed by atoms with E-state index in [1.54, 1.807) is 17.7 Å². The molecule has 0 radical (unpaired) electrons. The van der Waals surface area contributed by atoms with Gasteiger partial charge in [-0.25, -0.2) is 18.6 Å². The Morgan fingerprint density at radius 3 is 2.71 bits per heavy atom. The quantitative estimate of drug-likeness (QED) is 0.232. The first-order valence-corrected chi connectivity index (χ1v) is 13.6. The van der Waals surface area contributed by atoms with Gasteiger partial charge < -0.3 is 15.2 Å². The normalized spacial score (nSPS) is 14.7. The maximum Gasteiger partial charge on any atom is 0.339 e. The largest absolute Gasteiger partial charge is 0.494 e. The molecule has 1 fully saturated rings. The highest BCUT2D eigenvalue weighted by Gasteiger charge is 2.26. The standard InChI is InChI=1S/C32H27F2N5O3/c1-3-42-20-14-25(33)24(26(34)15-20)17-39-28-10-5-4-8-22(28)30(38-39)29-18(2)13-19-7-6-9-21(19)31(37-29)36-27-11-12-35-16-23(27)32(40)41/h4-5,8,10-12,14-16H,3,6-7,9,17H2,1-2H3,(H,35,36)(H,40,41). The third kappa shape index (κ3) is 4.97. The van der Waals surface area contributed by atoms with Crippen LogP contribution in [-0.4, -0.2) is 38.2 Å². The second-order valence-electron chi connectivity index (χ2n) is 10.0. The van der Waals surface area contributed by atoms with Gasteiger partial charge in [0, 0.05) is 52.2 Å². The van der Waals surface area contributed by atoms with Crippen LogP contribution in [0.4, 0.5) is 14.5 Å². The van der Waals surface area contributed by atoms with Crippen molar-refractivity contribution in [2.45, 2.75) is 39.7 Å². The molecule has 3 heterocycles. The molecule has 212 valence electrons. The van der Waals surface area contributed by atoms with E-state index in [-0.39, 0.29) is 23.4 Å². The second-order valence-corrected chi connectivity index (χ2v) is 10.0. The van der Waals surface area contributed by atoms with E-state index in [0.29, 0.717) is 35.0 Å². The van der Waals surface area contributed by atoms with Crippen LogP contribution in [0.25, 0.3) is 10.9 Å². The van der Waals surface area contributed by atoms with Crippen molar-refractivity contribution in [2.75, 3.05) is 11.9 Å². The van der Waals surface area contributed by atoms with E-state index in [0.717, 1.165) is 41.4 Å². The molecule has 0 unspecified atom stereocenters. The van der Waals surface area contributed by atoms with Crippen molar-refractivity contribution in [1.29, 1.82) is 0 Å². The van der Waals surface area contributed by atoms with Crippen LogP contribution >= 0.6 is 0 Å². The van der Waals surface area contributed by atoms with E-state index in [1.807, 2.05) is 31.2 Å². The van der Waals surface area contributed by atoms with E-state index in [4.69, 9.17) is 14.8 Å². The molecule has 8 nitrogen and oxygen atoms in total. The summed E-state index contributed by atoms with van der Waals surface area (Å²) >= 11 is 0. The number of halogens is 2. The average Bonchev–Trinajstić information content (AvgIpc) is 3.55. The van der Waals surface area contributed by atoms with Gasteiger partial charge in [-0.1, -0.05) is 18.2 Å². The fraction of sp³-hybridized carbons (Fsp3) is 0.219. The molecule has 2 aliphatic rings. The number of carboxylic acid groups (broad SMARTS) is 1. The molecule has 2 aromatic heterocycles. The molecule has 0 bridgehead atoms. The smallest absolute Gasteiger partial charge is 0.339 e. The van der Waals surface area contributed by atoms with Crippen molar-refractivity contribution in [1.82, 2.24) is 14.8 Å². The number of rotatable bonds is 8. The summed E-state index contributed by atoms with van der Waals surface area (Å²) in [5, 5.41) is 18.5. The molecule has 6 rings (SSSR count). The molecule has 1 aliphatic heterocycles. The van der Waals surface area contributed by atoms with E-state index < -0.39 is 17.6 Å². The summed E-state index contributed by atoms with van der Waals surface area (Å²) in [6.07, 6.45) is 5.31. The van der Waals surface area contributed by atoms with Gasteiger partial charge in [-0.05, 0) is 45.2 Å². The topological polar surface area (TPSA) is 102 Å². The molecule has 0 saturated heterocycles. The van der Waals surface area contributed by atoms with Crippen molar-refractivity contribution in [3.05, 3.63) is 112 Å². The zero-order chi connectivity index (χ0) is 29.4. The minimum absolute atomic E-state index is 0.0222. The number of carboxylic acids is 1. The first-order chi connectivity index (χ1) is 20.3. The summed E-state index contributed by atoms with van der Waals surface area (Å²) in [5.41, 5.74) is 8.20. The summed E-state index contributed by atoms with van der Waals surface area (Å²) in [4.78, 5) is 20.8. The first kappa shape index (κ1) is 27.1. The molecule has 2 aromatic carbocycles. The van der Waals surface area contributed by atoms with Crippen LogP contribution in [-0.2, 0) is 6.54 Å². The molecule has 42 heavy (non-hydrogen) atoms. The number of nitrogens with zero attached hydrogens (tertiary/aromatic N) is 4. The number of pyridine rings is 1. The third-order valence-corrected chi connectivity index (χ3v) is 7.34. The molecule has 0 spiro atoms. The molecule has 1 saturated carbocycles. The van der Waals surface area contributed by atoms with Gasteiger partial charge in [-0.3, -0.25) is 9.67 Å². The summed E-state index contributed by atoms with van der Waals surface area (Å²) in [7, 11) is 0. The molecular weight excluding hydrogens is 540 g/mol. The van der Waals surface area contributed by atoms with Crippen LogP contribution in [0.3, 0.4) is 0 Å². The summed E-state index contributed by atoms with van der Waals surface area (Å²) in [6.45, 7) is 3.80. The lowest BCUT2D eigenvalue weighted by Gasteiger charge is -2.13. The third-order valence-electron chi connectivity index (χ3n) is 7.34. The Labute approximate surface area is 240 Å². The number of fused-ring (bicyclic) bond motifs is 2. The fourth-order valence-corrected chi connectivity index (χ4v) is 5.38. The molecule has 4 aromatic rings. The van der Waals surface area contributed by atoms with Gasteiger partial charge in [0.2, 0.25) is 0 Å². The Kier molecular flexibility index (Phi) is 7.14. The summed E-state index contributed by atoms with van der Waals surface area (Å²) in [5.74, 6) is -1.91. The Balaban J connectivity index is 1.47. The highest BCUT2D eigenvalue weighted by atomic mass is 19.1. The maximum absolute atomic E-state index is 15.0. The van der Waals surface area contributed by atoms with Crippen LogP contribution in [0, 0.1) is 11.6 Å². The van der Waals surface area contributed by atoms with Gasteiger partial charge >= 0.3 is 5.97 Å². The number of carbonyl (C=O) groups is 1. The van der Waals surface area contributed by atoms with Crippen LogP contribution in [0.5, 0.6) is 5.75 Å². The second kappa shape index (κ2) is 11.1. The molecule has 10 heteroatoms. The number of hydrogen-bond acceptors (Lipinski definition) is 6. The van der Waals surface area contributed by atoms with Crippen LogP contribution in [0.15, 0.2) is 88.1 Å². The Morgan fingerprint density at radius 1 is 1.17 bits per heavy atom. The predicted octanol–water partition coefficient (Wildman–Crippen LogP) is 6.64. The van der Waals surface area contributed by atoms with Gasteiger partial charge in [-0.2, -0.15) is 5.10 Å². The molecular formula is C32H27F2N5O3. The van der Waals surface area contributed by atoms with Crippen molar-refractivity contribution in [2.24, 2.45) is 4.99 Å². The van der Waals surface area contributed by atoms with Gasteiger partial charge in [0.1, 0.15) is 40.2 Å². The summed E-state index contributed by atoms with van der Waals surface area (Å²) < 4.78 is 36.9. The van der Waals surface area contributed by atoms with Crippen molar-refractivity contribution >= 4 is 28.3 Å². The van der Waals surface area contributed by atoms with E-state index in [2.05, 4.69) is 16.0 Å². The number of para-hydroxylation sites is 1. The number of nitrogens with one attached hydrogen (secondary N) is 1. The zero-order valence-electron chi connectivity index (χ0n) is 23.0.